The molecule has 0 fully saturated rings. The van der Waals surface area contributed by atoms with Crippen LogP contribution in [0, 0.1) is 17.8 Å². The molecule has 1 aliphatic carbocycles. The van der Waals surface area contributed by atoms with Crippen LogP contribution in [-0.2, 0) is 12.8 Å². The van der Waals surface area contributed by atoms with Crippen LogP contribution in [0.3, 0.4) is 0 Å². The Bertz CT molecular complexity index is 908. The number of carbonyl (C=O) groups excluding carboxylic acids is 1. The summed E-state index contributed by atoms with van der Waals surface area (Å²) in [7, 11) is 0. The Labute approximate surface area is 209 Å². The van der Waals surface area contributed by atoms with Crippen molar-refractivity contribution >= 4 is 5.78 Å². The summed E-state index contributed by atoms with van der Waals surface area (Å²) in [5, 5.41) is 0. The summed E-state index contributed by atoms with van der Waals surface area (Å²) < 4.78 is 0. The molecule has 0 bridgehead atoms. The lowest BCUT2D eigenvalue weighted by molar-refractivity contribution is 0.0979. The van der Waals surface area contributed by atoms with Gasteiger partial charge in [0, 0.05) is 12.0 Å². The molecule has 0 amide bonds. The lowest BCUT2D eigenvalue weighted by atomic mass is 9.87. The number of unbranched alkanes of at least 4 members (excludes halogenated alkanes) is 2. The Morgan fingerprint density at radius 1 is 0.765 bits per heavy atom. The Morgan fingerprint density at radius 3 is 2.06 bits per heavy atom. The molecular weight excluding hydrogens is 412 g/mol. The van der Waals surface area contributed by atoms with Crippen LogP contribution in [0.15, 0.2) is 36.4 Å². The maximum absolute atomic E-state index is 12.5. The SMILES string of the molecule is CCCCC(=O)c1ccc2c(c1)Cc1cc(CCCCC(CCC(C)C)CCC(C)C)ccc1-2. The second-order valence-electron chi connectivity index (χ2n) is 11.6. The van der Waals surface area contributed by atoms with Crippen LogP contribution >= 0.6 is 0 Å². The molecule has 0 unspecified atom stereocenters. The highest BCUT2D eigenvalue weighted by molar-refractivity contribution is 5.97. The predicted molar refractivity (Wildman–Crippen MR) is 148 cm³/mol. The van der Waals surface area contributed by atoms with Gasteiger partial charge in [0.2, 0.25) is 0 Å². The average Bonchev–Trinajstić information content (AvgIpc) is 3.18. The molecule has 2 aromatic rings. The number of rotatable bonds is 15. The van der Waals surface area contributed by atoms with Crippen LogP contribution < -0.4 is 0 Å². The van der Waals surface area contributed by atoms with Gasteiger partial charge in [0.15, 0.2) is 5.78 Å². The van der Waals surface area contributed by atoms with Crippen molar-refractivity contribution in [3.63, 3.8) is 0 Å². The van der Waals surface area contributed by atoms with E-state index in [0.717, 1.165) is 42.6 Å². The number of ketones is 1. The number of aryl methyl sites for hydroxylation is 1. The fourth-order valence-electron chi connectivity index (χ4n) is 5.41. The van der Waals surface area contributed by atoms with E-state index in [-0.39, 0.29) is 0 Å². The second-order valence-corrected chi connectivity index (χ2v) is 11.6. The predicted octanol–water partition coefficient (Wildman–Crippen LogP) is 9.83. The van der Waals surface area contributed by atoms with Crippen molar-refractivity contribution in [2.45, 2.75) is 112 Å². The first-order valence-corrected chi connectivity index (χ1v) is 14.2. The van der Waals surface area contributed by atoms with Crippen LogP contribution in [0.5, 0.6) is 0 Å². The van der Waals surface area contributed by atoms with Crippen molar-refractivity contribution in [1.29, 1.82) is 0 Å². The van der Waals surface area contributed by atoms with E-state index in [2.05, 4.69) is 65.0 Å². The third kappa shape index (κ3) is 7.82. The van der Waals surface area contributed by atoms with E-state index < -0.39 is 0 Å². The molecule has 3 rings (SSSR count). The van der Waals surface area contributed by atoms with Gasteiger partial charge in [-0.25, -0.2) is 0 Å². The normalized spacial score (nSPS) is 12.6. The molecule has 186 valence electrons. The fraction of sp³-hybridized carbons (Fsp3) is 0.606. The topological polar surface area (TPSA) is 17.1 Å². The molecule has 0 atom stereocenters. The summed E-state index contributed by atoms with van der Waals surface area (Å²) in [6.07, 6.45) is 14.5. The largest absolute Gasteiger partial charge is 0.294 e. The van der Waals surface area contributed by atoms with Crippen molar-refractivity contribution in [2.75, 3.05) is 0 Å². The molecule has 1 nitrogen and oxygen atoms in total. The quantitative estimate of drug-likeness (QED) is 0.163. The van der Waals surface area contributed by atoms with Gasteiger partial charge in [-0.15, -0.1) is 0 Å². The maximum Gasteiger partial charge on any atom is 0.162 e. The number of benzene rings is 2. The van der Waals surface area contributed by atoms with Crippen molar-refractivity contribution in [3.8, 4) is 11.1 Å². The molecule has 1 aliphatic rings. The summed E-state index contributed by atoms with van der Waals surface area (Å²) in [5.74, 6) is 2.85. The monoisotopic (exact) mass is 460 g/mol. The minimum atomic E-state index is 0.293. The smallest absolute Gasteiger partial charge is 0.162 e. The van der Waals surface area contributed by atoms with Crippen molar-refractivity contribution < 1.29 is 4.79 Å². The van der Waals surface area contributed by atoms with Gasteiger partial charge in [-0.3, -0.25) is 4.79 Å². The number of hydrogen-bond donors (Lipinski definition) is 0. The molecule has 34 heavy (non-hydrogen) atoms. The van der Waals surface area contributed by atoms with E-state index in [9.17, 15) is 4.79 Å². The standard InChI is InChI=1S/C33H48O/c1-6-7-12-33(34)28-18-20-32-30(22-28)23-29-21-27(17-19-31(29)32)11-9-8-10-26(15-13-24(2)3)16-14-25(4)5/h17-22,24-26H,6-16,23H2,1-5H3. The van der Waals surface area contributed by atoms with E-state index >= 15 is 0 Å². The minimum absolute atomic E-state index is 0.293. The Balaban J connectivity index is 1.52. The average molecular weight is 461 g/mol. The van der Waals surface area contributed by atoms with Crippen molar-refractivity contribution in [1.82, 2.24) is 0 Å². The molecule has 2 aromatic carbocycles. The first-order chi connectivity index (χ1) is 16.4. The van der Waals surface area contributed by atoms with Gasteiger partial charge < -0.3 is 0 Å². The zero-order valence-electron chi connectivity index (χ0n) is 22.6. The highest BCUT2D eigenvalue weighted by Gasteiger charge is 2.20. The lowest BCUT2D eigenvalue weighted by Crippen LogP contribution is -2.05. The van der Waals surface area contributed by atoms with Gasteiger partial charge in [0.25, 0.3) is 0 Å². The van der Waals surface area contributed by atoms with E-state index in [1.165, 1.54) is 79.2 Å². The molecule has 0 aliphatic heterocycles. The molecule has 0 N–H and O–H groups in total. The van der Waals surface area contributed by atoms with Crippen LogP contribution in [0.1, 0.15) is 126 Å². The van der Waals surface area contributed by atoms with Gasteiger partial charge in [-0.05, 0) is 77.3 Å². The Hall–Kier alpha value is -1.89. The number of hydrogen-bond acceptors (Lipinski definition) is 1. The molecule has 0 saturated carbocycles. The van der Waals surface area contributed by atoms with Gasteiger partial charge in [-0.2, -0.15) is 0 Å². The van der Waals surface area contributed by atoms with Crippen LogP contribution in [0.4, 0.5) is 0 Å². The highest BCUT2D eigenvalue weighted by atomic mass is 16.1. The second kappa shape index (κ2) is 13.3. The van der Waals surface area contributed by atoms with Crippen molar-refractivity contribution in [2.24, 2.45) is 17.8 Å². The molecule has 0 aromatic heterocycles. The molecule has 0 heterocycles. The third-order valence-corrected chi connectivity index (χ3v) is 7.66. The number of fused-ring (bicyclic) bond motifs is 3. The van der Waals surface area contributed by atoms with E-state index in [0.29, 0.717) is 12.2 Å². The zero-order chi connectivity index (χ0) is 24.5. The lowest BCUT2D eigenvalue weighted by Gasteiger charge is -2.19. The summed E-state index contributed by atoms with van der Waals surface area (Å²) in [5.41, 5.74) is 7.84. The first kappa shape index (κ1) is 26.7. The maximum atomic E-state index is 12.5. The summed E-state index contributed by atoms with van der Waals surface area (Å²) in [6.45, 7) is 11.6. The molecule has 0 radical (unpaired) electrons. The van der Waals surface area contributed by atoms with E-state index in [4.69, 9.17) is 0 Å². The summed E-state index contributed by atoms with van der Waals surface area (Å²) >= 11 is 0. The van der Waals surface area contributed by atoms with E-state index in [1.54, 1.807) is 0 Å². The van der Waals surface area contributed by atoms with Crippen LogP contribution in [0.2, 0.25) is 0 Å². The first-order valence-electron chi connectivity index (χ1n) is 14.2. The molecular formula is C33H48O. The zero-order valence-corrected chi connectivity index (χ0v) is 22.6. The van der Waals surface area contributed by atoms with E-state index in [1.807, 2.05) is 6.07 Å². The summed E-state index contributed by atoms with van der Waals surface area (Å²) in [6, 6.07) is 13.5. The molecule has 1 heteroatoms. The van der Waals surface area contributed by atoms with Crippen molar-refractivity contribution in [3.05, 3.63) is 58.7 Å². The number of carbonyl (C=O) groups is 1. The third-order valence-electron chi connectivity index (χ3n) is 7.66. The Morgan fingerprint density at radius 2 is 1.41 bits per heavy atom. The van der Waals surface area contributed by atoms with Gasteiger partial charge in [0.05, 0.1) is 0 Å². The van der Waals surface area contributed by atoms with Gasteiger partial charge in [0.1, 0.15) is 0 Å². The van der Waals surface area contributed by atoms with Gasteiger partial charge in [-0.1, -0.05) is 110 Å². The van der Waals surface area contributed by atoms with Crippen LogP contribution in [0.25, 0.3) is 11.1 Å². The van der Waals surface area contributed by atoms with Crippen LogP contribution in [-0.4, -0.2) is 5.78 Å². The molecule has 0 spiro atoms. The van der Waals surface area contributed by atoms with Gasteiger partial charge >= 0.3 is 0 Å². The molecule has 0 saturated heterocycles. The number of Topliss-reactive ketones (excluding diaryl/α,β-unsaturated/α-hetero) is 1. The Kier molecular flexibility index (Phi) is 10.4. The minimum Gasteiger partial charge on any atom is -0.294 e. The highest BCUT2D eigenvalue weighted by Crippen LogP contribution is 2.38. The fourth-order valence-corrected chi connectivity index (χ4v) is 5.41. The summed E-state index contributed by atoms with van der Waals surface area (Å²) in [4.78, 5) is 12.5.